The third-order valence-corrected chi connectivity index (χ3v) is 0.907. The molecule has 0 aliphatic carbocycles. The molecule has 0 aromatic heterocycles. The van der Waals surface area contributed by atoms with Gasteiger partial charge < -0.3 is 21.1 Å². The van der Waals surface area contributed by atoms with E-state index in [9.17, 15) is 14.4 Å². The van der Waals surface area contributed by atoms with E-state index < -0.39 is 22.8 Å². The van der Waals surface area contributed by atoms with Gasteiger partial charge in [0.15, 0.2) is 7.05 Å². The minimum Gasteiger partial charge on any atom is -0.481 e. The van der Waals surface area contributed by atoms with Crippen molar-refractivity contribution in [1.82, 2.24) is 0 Å². The SMILES string of the molecule is C.C.CC.CCC(=O)O.CCC(=O)O.CCC(=O)O.CN.C[N+](=O)[O-].[Ar].[Ar].[Ar].[Ar].[Ar].[Ar].[Ar].[V].[V].[V]. The average molecular weight is 809 g/mol. The number of carboxylic acid groups (broad SMARTS) is 3. The van der Waals surface area contributed by atoms with Crippen LogP contribution in [-0.4, -0.2) is 52.2 Å². The smallest absolute Gasteiger partial charge is 0.303 e. The molecule has 5 N–H and O–H groups in total. The first-order valence-electron chi connectivity index (χ1n) is 6.85. The Morgan fingerprint density at radius 1 is 0.629 bits per heavy atom. The van der Waals surface area contributed by atoms with Gasteiger partial charge in [0.25, 0.3) is 0 Å². The molecule has 10 nitrogen and oxygen atoms in total. The number of carbonyl (C=O) groups is 3. The van der Waals surface area contributed by atoms with E-state index in [1.165, 1.54) is 7.05 Å². The number of aliphatic carboxylic acids is 3. The molecule has 0 fully saturated rings. The number of hydrogen-bond acceptors (Lipinski definition) is 6. The molecular weight excluding hydrogens is 769 g/mol. The first kappa shape index (κ1) is 121. The quantitative estimate of drug-likeness (QED) is 0.246. The van der Waals surface area contributed by atoms with Crippen molar-refractivity contribution in [3.05, 3.63) is 10.1 Å². The molecule has 229 valence electrons. The Bertz CT molecular complexity index is 274. The maximum absolute atomic E-state index is 9.37. The van der Waals surface area contributed by atoms with Crippen LogP contribution in [0, 0.1) is 274 Å². The minimum absolute atomic E-state index is 0. The van der Waals surface area contributed by atoms with Gasteiger partial charge >= 0.3 is 17.9 Å². The number of carboxylic acids is 3. The molecule has 0 unspecified atom stereocenters. The van der Waals surface area contributed by atoms with E-state index in [0.717, 1.165) is 7.05 Å². The predicted molar refractivity (Wildman–Crippen MR) is 102 cm³/mol. The summed E-state index contributed by atoms with van der Waals surface area (Å²) >= 11 is 0. The fourth-order valence-electron chi connectivity index (χ4n) is 0. The largest absolute Gasteiger partial charge is 0.481 e. The van der Waals surface area contributed by atoms with Crippen molar-refractivity contribution in [2.24, 2.45) is 5.73 Å². The number of hydrogen-bond donors (Lipinski definition) is 4. The first-order chi connectivity index (χ1) is 10.5. The van der Waals surface area contributed by atoms with Crippen molar-refractivity contribution in [3.63, 3.8) is 0 Å². The molecule has 0 amide bonds. The van der Waals surface area contributed by atoms with Crippen molar-refractivity contribution in [3.8, 4) is 0 Å². The Labute approximate surface area is 459 Å². The van der Waals surface area contributed by atoms with Gasteiger partial charge in [-0.25, -0.2) is 0 Å². The fourth-order valence-corrected chi connectivity index (χ4v) is 0. The molecule has 20 heteroatoms. The Kier molecular flexibility index (Phi) is 459. The molecule has 0 aromatic rings. The fraction of sp³-hybridized carbons (Fsp3) is 0.800. The summed E-state index contributed by atoms with van der Waals surface area (Å²) in [6.45, 7) is 8.80. The van der Waals surface area contributed by atoms with Gasteiger partial charge in [0.2, 0.25) is 0 Å². The standard InChI is InChI=1S/3C3H6O2.C2H6.CH3NO2.CH5N.2CH4.7Ar.3V/c3*1-2-3(4)5;1-2;1-2(3)4;1-2;;;;;;;;;;;;/h3*2H2,1H3,(H,4,5);1-2H3;1H3;2H2,1H3;2*1H4;;;;;;;;;;. The van der Waals surface area contributed by atoms with Crippen LogP contribution < -0.4 is 5.73 Å². The van der Waals surface area contributed by atoms with E-state index in [4.69, 9.17) is 25.4 Å². The molecule has 0 rings (SSSR count). The molecule has 0 aromatic carbocycles. The van der Waals surface area contributed by atoms with Crippen LogP contribution in [0.15, 0.2) is 0 Å². The maximum atomic E-state index is 9.37. The summed E-state index contributed by atoms with van der Waals surface area (Å²) < 4.78 is 0. The van der Waals surface area contributed by atoms with E-state index in [-0.39, 0.29) is 354 Å². The van der Waals surface area contributed by atoms with Gasteiger partial charge in [-0.2, -0.15) is 0 Å². The monoisotopic (exact) mass is 809 g/mol. The van der Waals surface area contributed by atoms with Gasteiger partial charge in [-0.3, -0.25) is 24.5 Å². The molecule has 0 atom stereocenters. The van der Waals surface area contributed by atoms with Gasteiger partial charge in [0.05, 0.1) is 0 Å². The van der Waals surface area contributed by atoms with E-state index in [0.29, 0.717) is 0 Å². The van der Waals surface area contributed by atoms with Gasteiger partial charge in [-0.1, -0.05) is 49.5 Å². The summed E-state index contributed by atoms with van der Waals surface area (Å²) in [5.74, 6) is -2.24. The van der Waals surface area contributed by atoms with Crippen LogP contribution >= 0.6 is 0 Å². The number of nitro groups is 1. The zero-order valence-electron chi connectivity index (χ0n) is 18.8. The molecule has 3 radical (unpaired) electrons. The third-order valence-electron chi connectivity index (χ3n) is 0.907. The van der Waals surface area contributed by atoms with Crippen LogP contribution in [0.1, 0.15) is 68.7 Å². The Hall–Kier alpha value is 8.34. The molecule has 0 saturated heterocycles. The average Bonchev–Trinajstić information content (AvgIpc) is 2.51. The minimum atomic E-state index is -0.745. The Morgan fingerprint density at radius 2 is 0.657 bits per heavy atom. The molecular formula is C15H40Ar7N2O8V3. The summed E-state index contributed by atoms with van der Waals surface area (Å²) in [7, 11) is 2.39. The molecule has 0 aliphatic heterocycles. The molecule has 0 aliphatic rings. The van der Waals surface area contributed by atoms with E-state index in [1.54, 1.807) is 20.8 Å². The normalized spacial score (nSPS) is 4.23. The number of rotatable bonds is 3. The third kappa shape index (κ3) is 335. The molecule has 0 heterocycles. The molecule has 35 heavy (non-hydrogen) atoms. The van der Waals surface area contributed by atoms with E-state index in [1.807, 2.05) is 13.8 Å². The second kappa shape index (κ2) is 133. The van der Waals surface area contributed by atoms with Crippen LogP contribution in [-0.2, 0) is 70.1 Å². The predicted octanol–water partition coefficient (Wildman–Crippen LogP) is 3.20. The van der Waals surface area contributed by atoms with E-state index in [2.05, 4.69) is 5.73 Å². The van der Waals surface area contributed by atoms with Crippen molar-refractivity contribution >= 4 is 17.9 Å². The van der Waals surface area contributed by atoms with Gasteiger partial charge in [0, 0.05) is 344 Å². The zero-order valence-corrected chi connectivity index (χ0v) is 28.0. The second-order valence-corrected chi connectivity index (χ2v) is 2.68. The topological polar surface area (TPSA) is 181 Å². The molecule has 0 saturated carbocycles. The van der Waals surface area contributed by atoms with Crippen molar-refractivity contribution in [2.45, 2.75) is 68.7 Å². The summed E-state index contributed by atoms with van der Waals surface area (Å²) in [6, 6.07) is 0. The summed E-state index contributed by atoms with van der Waals surface area (Å²) in [5, 5.41) is 32.0. The van der Waals surface area contributed by atoms with Crippen LogP contribution in [0.5, 0.6) is 0 Å². The van der Waals surface area contributed by atoms with Crippen molar-refractivity contribution in [2.75, 3.05) is 14.1 Å². The number of nitrogens with zero attached hydrogens (tertiary/aromatic N) is 1. The van der Waals surface area contributed by atoms with Crippen molar-refractivity contribution in [1.29, 1.82) is 0 Å². The van der Waals surface area contributed by atoms with Gasteiger partial charge in [0.1, 0.15) is 0 Å². The Morgan fingerprint density at radius 3 is 0.657 bits per heavy atom. The van der Waals surface area contributed by atoms with Crippen LogP contribution in [0.2, 0.25) is 0 Å². The van der Waals surface area contributed by atoms with E-state index >= 15 is 0 Å². The summed E-state index contributed by atoms with van der Waals surface area (Å²) in [6.07, 6.45) is 0.667. The van der Waals surface area contributed by atoms with Gasteiger partial charge in [-0.05, 0) is 7.05 Å². The molecule has 0 bridgehead atoms. The molecule has 0 spiro atoms. The van der Waals surface area contributed by atoms with Crippen molar-refractivity contribution < 1.29 is 354 Å². The zero-order chi connectivity index (χ0) is 20.4. The van der Waals surface area contributed by atoms with Gasteiger partial charge in [-0.15, -0.1) is 0 Å². The van der Waals surface area contributed by atoms with Crippen LogP contribution in [0.3, 0.4) is 0 Å². The number of nitrogens with two attached hydrogens (primary N) is 1. The summed E-state index contributed by atoms with van der Waals surface area (Å²) in [4.78, 5) is 36.4. The summed E-state index contributed by atoms with van der Waals surface area (Å²) in [5.41, 5.74) is 4.50. The second-order valence-electron chi connectivity index (χ2n) is 2.68. The van der Waals surface area contributed by atoms with Crippen LogP contribution in [0.4, 0.5) is 0 Å². The maximum Gasteiger partial charge on any atom is 0.303 e. The first-order valence-corrected chi connectivity index (χ1v) is 6.85. The Balaban J connectivity index is -0.00000000592. The van der Waals surface area contributed by atoms with Crippen LogP contribution in [0.25, 0.3) is 0 Å².